The van der Waals surface area contributed by atoms with Crippen molar-refractivity contribution in [1.29, 1.82) is 0 Å². The number of aliphatic carboxylic acids is 1. The Morgan fingerprint density at radius 3 is 2.67 bits per heavy atom. The van der Waals surface area contributed by atoms with Gasteiger partial charge in [-0.2, -0.15) is 11.8 Å². The highest BCUT2D eigenvalue weighted by molar-refractivity contribution is 7.98. The van der Waals surface area contributed by atoms with E-state index in [4.69, 9.17) is 10.2 Å². The number of aliphatic hydroxyl groups is 1. The van der Waals surface area contributed by atoms with E-state index in [1.807, 2.05) is 6.26 Å². The van der Waals surface area contributed by atoms with Gasteiger partial charge in [0, 0.05) is 5.75 Å². The van der Waals surface area contributed by atoms with Crippen LogP contribution in [0.4, 0.5) is 0 Å². The van der Waals surface area contributed by atoms with Gasteiger partial charge < -0.3 is 10.2 Å². The standard InChI is InChI=1S/C5H10O3S/c1-9-3-4(6)2-5(7)8/h4,6H,2-3H2,1H3,(H,7,8)/t4-/m0/s1. The van der Waals surface area contributed by atoms with Crippen LogP contribution < -0.4 is 0 Å². The Kier molecular flexibility index (Phi) is 4.53. The Labute approximate surface area is 58.1 Å². The predicted octanol–water partition coefficient (Wildman–Crippen LogP) is 0.185. The summed E-state index contributed by atoms with van der Waals surface area (Å²) in [5, 5.41) is 17.0. The van der Waals surface area contributed by atoms with Crippen LogP contribution in [0.25, 0.3) is 0 Å². The van der Waals surface area contributed by atoms with Crippen molar-refractivity contribution < 1.29 is 15.0 Å². The number of aliphatic hydroxyl groups excluding tert-OH is 1. The van der Waals surface area contributed by atoms with Crippen molar-refractivity contribution in [1.82, 2.24) is 0 Å². The topological polar surface area (TPSA) is 57.5 Å². The van der Waals surface area contributed by atoms with Gasteiger partial charge in [0.2, 0.25) is 0 Å². The van der Waals surface area contributed by atoms with Gasteiger partial charge >= 0.3 is 5.97 Å². The lowest BCUT2D eigenvalue weighted by molar-refractivity contribution is -0.138. The highest BCUT2D eigenvalue weighted by Gasteiger charge is 2.06. The molecule has 0 saturated heterocycles. The molecule has 0 rings (SSSR count). The SMILES string of the molecule is CSC[C@@H](O)CC(=O)O. The smallest absolute Gasteiger partial charge is 0.306 e. The number of hydrogen-bond acceptors (Lipinski definition) is 3. The first kappa shape index (κ1) is 8.78. The zero-order valence-corrected chi connectivity index (χ0v) is 6.02. The van der Waals surface area contributed by atoms with Gasteiger partial charge in [-0.15, -0.1) is 0 Å². The van der Waals surface area contributed by atoms with Crippen molar-refractivity contribution in [2.45, 2.75) is 12.5 Å². The first-order valence-corrected chi connectivity index (χ1v) is 3.95. The molecule has 4 heteroatoms. The van der Waals surface area contributed by atoms with E-state index in [-0.39, 0.29) is 6.42 Å². The second-order valence-corrected chi connectivity index (χ2v) is 2.62. The summed E-state index contributed by atoms with van der Waals surface area (Å²) in [5.74, 6) is -0.455. The Morgan fingerprint density at radius 1 is 1.78 bits per heavy atom. The molecule has 0 aromatic carbocycles. The monoisotopic (exact) mass is 150 g/mol. The van der Waals surface area contributed by atoms with Gasteiger partial charge in [0.15, 0.2) is 0 Å². The molecule has 0 radical (unpaired) electrons. The molecule has 0 aliphatic carbocycles. The van der Waals surface area contributed by atoms with Crippen molar-refractivity contribution in [2.24, 2.45) is 0 Å². The molecule has 1 atom stereocenters. The summed E-state index contributed by atoms with van der Waals surface area (Å²) in [6, 6.07) is 0. The fraction of sp³-hybridized carbons (Fsp3) is 0.800. The highest BCUT2D eigenvalue weighted by atomic mass is 32.2. The van der Waals surface area contributed by atoms with Crippen molar-refractivity contribution in [3.63, 3.8) is 0 Å². The molecular weight excluding hydrogens is 140 g/mol. The number of carboxylic acids is 1. The molecule has 2 N–H and O–H groups in total. The van der Waals surface area contributed by atoms with Gasteiger partial charge in [0.25, 0.3) is 0 Å². The summed E-state index contributed by atoms with van der Waals surface area (Å²) in [5.41, 5.74) is 0. The lowest BCUT2D eigenvalue weighted by atomic mass is 10.3. The third kappa shape index (κ3) is 5.65. The van der Waals surface area contributed by atoms with Gasteiger partial charge in [0.05, 0.1) is 12.5 Å². The van der Waals surface area contributed by atoms with Gasteiger partial charge in [-0.1, -0.05) is 0 Å². The molecule has 0 heterocycles. The van der Waals surface area contributed by atoms with Crippen molar-refractivity contribution in [3.8, 4) is 0 Å². The van der Waals surface area contributed by atoms with Crippen molar-refractivity contribution in [2.75, 3.05) is 12.0 Å². The molecule has 0 bridgehead atoms. The molecule has 9 heavy (non-hydrogen) atoms. The molecule has 54 valence electrons. The number of carboxylic acid groups (broad SMARTS) is 1. The number of thioether (sulfide) groups is 1. The molecule has 0 saturated carbocycles. The van der Waals surface area contributed by atoms with Gasteiger partial charge in [0.1, 0.15) is 0 Å². The van der Waals surface area contributed by atoms with Crippen LogP contribution in [-0.2, 0) is 4.79 Å². The van der Waals surface area contributed by atoms with Crippen LogP contribution >= 0.6 is 11.8 Å². The normalized spacial score (nSPS) is 13.1. The summed E-state index contributed by atoms with van der Waals surface area (Å²) < 4.78 is 0. The average molecular weight is 150 g/mol. The van der Waals surface area contributed by atoms with Crippen molar-refractivity contribution in [3.05, 3.63) is 0 Å². The molecule has 3 nitrogen and oxygen atoms in total. The maximum absolute atomic E-state index is 9.92. The molecule has 0 amide bonds. The molecule has 0 aliphatic heterocycles. The van der Waals surface area contributed by atoms with Crippen LogP contribution in [-0.4, -0.2) is 34.3 Å². The lowest BCUT2D eigenvalue weighted by Gasteiger charge is -2.02. The zero-order chi connectivity index (χ0) is 7.28. The minimum Gasteiger partial charge on any atom is -0.481 e. The molecule has 0 spiro atoms. The summed E-state index contributed by atoms with van der Waals surface area (Å²) >= 11 is 1.44. The fourth-order valence-corrected chi connectivity index (χ4v) is 0.956. The van der Waals surface area contributed by atoms with Crippen LogP contribution in [0, 0.1) is 0 Å². The van der Waals surface area contributed by atoms with E-state index in [0.29, 0.717) is 5.75 Å². The minimum absolute atomic E-state index is 0.152. The van der Waals surface area contributed by atoms with E-state index in [9.17, 15) is 4.79 Å². The second-order valence-electron chi connectivity index (χ2n) is 1.71. The summed E-state index contributed by atoms with van der Waals surface area (Å²) in [4.78, 5) is 9.92. The molecule has 0 aromatic heterocycles. The Hall–Kier alpha value is -0.220. The molecule has 0 aromatic rings. The van der Waals surface area contributed by atoms with E-state index in [1.165, 1.54) is 11.8 Å². The van der Waals surface area contributed by atoms with Crippen LogP contribution in [0.5, 0.6) is 0 Å². The van der Waals surface area contributed by atoms with E-state index in [1.54, 1.807) is 0 Å². The van der Waals surface area contributed by atoms with Crippen LogP contribution in [0.2, 0.25) is 0 Å². The number of rotatable bonds is 4. The lowest BCUT2D eigenvalue weighted by Crippen LogP contribution is -2.14. The Morgan fingerprint density at radius 2 is 2.33 bits per heavy atom. The molecule has 0 fully saturated rings. The van der Waals surface area contributed by atoms with E-state index < -0.39 is 12.1 Å². The Bertz CT molecular complexity index is 94.2. The van der Waals surface area contributed by atoms with E-state index in [0.717, 1.165) is 0 Å². The second kappa shape index (κ2) is 4.64. The van der Waals surface area contributed by atoms with Gasteiger partial charge in [-0.05, 0) is 6.26 Å². The number of hydrogen-bond donors (Lipinski definition) is 2. The largest absolute Gasteiger partial charge is 0.481 e. The van der Waals surface area contributed by atoms with Gasteiger partial charge in [-0.3, -0.25) is 4.79 Å². The zero-order valence-electron chi connectivity index (χ0n) is 5.20. The van der Waals surface area contributed by atoms with Crippen molar-refractivity contribution >= 4 is 17.7 Å². The maximum Gasteiger partial charge on any atom is 0.306 e. The van der Waals surface area contributed by atoms with Crippen LogP contribution in [0.1, 0.15) is 6.42 Å². The summed E-state index contributed by atoms with van der Waals surface area (Å²) in [7, 11) is 0. The van der Waals surface area contributed by atoms with Gasteiger partial charge in [-0.25, -0.2) is 0 Å². The first-order chi connectivity index (χ1) is 4.16. The predicted molar refractivity (Wildman–Crippen MR) is 36.6 cm³/mol. The average Bonchev–Trinajstić information content (AvgIpc) is 1.63. The number of carbonyl (C=O) groups is 1. The van der Waals surface area contributed by atoms with E-state index in [2.05, 4.69) is 0 Å². The molecule has 0 unspecified atom stereocenters. The maximum atomic E-state index is 9.92. The highest BCUT2D eigenvalue weighted by Crippen LogP contribution is 1.99. The third-order valence-corrected chi connectivity index (χ3v) is 1.49. The quantitative estimate of drug-likeness (QED) is 0.600. The minimum atomic E-state index is -0.948. The summed E-state index contributed by atoms with van der Waals surface area (Å²) in [6.45, 7) is 0. The van der Waals surface area contributed by atoms with Crippen LogP contribution in [0.3, 0.4) is 0 Å². The van der Waals surface area contributed by atoms with E-state index >= 15 is 0 Å². The first-order valence-electron chi connectivity index (χ1n) is 2.55. The molecular formula is C5H10O3S. The fourth-order valence-electron chi connectivity index (χ4n) is 0.453. The molecule has 0 aliphatic rings. The van der Waals surface area contributed by atoms with Crippen LogP contribution in [0.15, 0.2) is 0 Å². The third-order valence-electron chi connectivity index (χ3n) is 0.769. The Balaban J connectivity index is 3.26. The summed E-state index contributed by atoms with van der Waals surface area (Å²) in [6.07, 6.45) is 0.976.